The maximum absolute atomic E-state index is 12.8. The van der Waals surface area contributed by atoms with E-state index in [1.807, 2.05) is 75.4 Å². The van der Waals surface area contributed by atoms with Crippen molar-refractivity contribution in [3.05, 3.63) is 60.2 Å². The van der Waals surface area contributed by atoms with E-state index in [0.717, 1.165) is 5.56 Å². The highest BCUT2D eigenvalue weighted by atomic mass is 16.6. The van der Waals surface area contributed by atoms with Crippen LogP contribution in [0.1, 0.15) is 26.3 Å². The lowest BCUT2D eigenvalue weighted by atomic mass is 9.72. The summed E-state index contributed by atoms with van der Waals surface area (Å²) in [5.41, 5.74) is 5.57. The van der Waals surface area contributed by atoms with Crippen LogP contribution < -0.4 is 5.73 Å². The summed E-state index contributed by atoms with van der Waals surface area (Å²) in [7, 11) is 0. The average Bonchev–Trinajstić information content (AvgIpc) is 2.38. The zero-order valence-corrected chi connectivity index (χ0v) is 12.2. The highest BCUT2D eigenvalue weighted by Crippen LogP contribution is 2.34. The van der Waals surface area contributed by atoms with Crippen molar-refractivity contribution in [3.8, 4) is 0 Å². The van der Waals surface area contributed by atoms with Crippen LogP contribution in [0.5, 0.6) is 0 Å². The number of carbonyl (C=O) groups excluding carboxylic acids is 1. The quantitative estimate of drug-likeness (QED) is 0.841. The van der Waals surface area contributed by atoms with Crippen molar-refractivity contribution in [3.63, 3.8) is 0 Å². The summed E-state index contributed by atoms with van der Waals surface area (Å²) in [5.74, 6) is -0.315. The molecule has 0 bridgehead atoms. The van der Waals surface area contributed by atoms with E-state index in [0.29, 0.717) is 0 Å². The Hall–Kier alpha value is -1.87. The third kappa shape index (κ3) is 2.68. The van der Waals surface area contributed by atoms with Crippen LogP contribution >= 0.6 is 0 Å². The lowest BCUT2D eigenvalue weighted by molar-refractivity contribution is -0.160. The Morgan fingerprint density at radius 2 is 1.85 bits per heavy atom. The molecule has 2 rings (SSSR count). The monoisotopic (exact) mass is 271 g/mol. The second-order valence-electron chi connectivity index (χ2n) is 6.01. The molecule has 20 heavy (non-hydrogen) atoms. The molecule has 1 aromatic rings. The fraction of sp³-hybridized carbons (Fsp3) is 0.353. The summed E-state index contributed by atoms with van der Waals surface area (Å²) < 4.78 is 5.60. The van der Waals surface area contributed by atoms with Gasteiger partial charge in [-0.25, -0.2) is 0 Å². The molecule has 0 spiro atoms. The molecule has 1 aliphatic carbocycles. The van der Waals surface area contributed by atoms with Gasteiger partial charge in [-0.15, -0.1) is 0 Å². The molecule has 1 aliphatic rings. The van der Waals surface area contributed by atoms with Crippen LogP contribution in [0.2, 0.25) is 0 Å². The third-order valence-corrected chi connectivity index (χ3v) is 3.30. The van der Waals surface area contributed by atoms with Gasteiger partial charge in [0.15, 0.2) is 0 Å². The summed E-state index contributed by atoms with van der Waals surface area (Å²) in [6.07, 6.45) is 7.37. The van der Waals surface area contributed by atoms with Crippen molar-refractivity contribution < 1.29 is 9.53 Å². The molecule has 2 unspecified atom stereocenters. The second kappa shape index (κ2) is 5.25. The highest BCUT2D eigenvalue weighted by Gasteiger charge is 2.46. The van der Waals surface area contributed by atoms with Crippen molar-refractivity contribution >= 4 is 5.97 Å². The van der Waals surface area contributed by atoms with Gasteiger partial charge < -0.3 is 10.5 Å². The number of esters is 1. The minimum absolute atomic E-state index is 0.315. The van der Waals surface area contributed by atoms with Crippen LogP contribution in [0.4, 0.5) is 0 Å². The molecule has 0 heterocycles. The Labute approximate surface area is 120 Å². The Kier molecular flexibility index (Phi) is 3.82. The molecule has 3 nitrogen and oxygen atoms in total. The molecular formula is C17H21NO2. The molecule has 106 valence electrons. The maximum Gasteiger partial charge on any atom is 0.322 e. The van der Waals surface area contributed by atoms with Crippen molar-refractivity contribution in [2.24, 2.45) is 5.73 Å². The summed E-state index contributed by atoms with van der Waals surface area (Å²) in [5, 5.41) is 0. The summed E-state index contributed by atoms with van der Waals surface area (Å²) >= 11 is 0. The molecule has 3 heteroatoms. The van der Waals surface area contributed by atoms with Gasteiger partial charge >= 0.3 is 5.97 Å². The standard InChI is InChI=1S/C17H21NO2/c1-16(2,3)20-15(19)17(12-8-7-11-14(17)18)13-9-5-4-6-10-13/h4-12,14H,18H2,1-3H3. The van der Waals surface area contributed by atoms with Gasteiger partial charge in [0.25, 0.3) is 0 Å². The molecular weight excluding hydrogens is 250 g/mol. The zero-order chi connectivity index (χ0) is 14.8. The Balaban J connectivity index is 2.49. The van der Waals surface area contributed by atoms with E-state index in [2.05, 4.69) is 0 Å². The Bertz CT molecular complexity index is 540. The summed E-state index contributed by atoms with van der Waals surface area (Å²) in [6.45, 7) is 5.58. The van der Waals surface area contributed by atoms with Gasteiger partial charge in [-0.05, 0) is 26.3 Å². The first kappa shape index (κ1) is 14.5. The smallest absolute Gasteiger partial charge is 0.322 e. The van der Waals surface area contributed by atoms with E-state index in [1.54, 1.807) is 0 Å². The molecule has 0 fully saturated rings. The van der Waals surface area contributed by atoms with Gasteiger partial charge in [0.2, 0.25) is 0 Å². The minimum Gasteiger partial charge on any atom is -0.459 e. The number of hydrogen-bond acceptors (Lipinski definition) is 3. The van der Waals surface area contributed by atoms with Crippen molar-refractivity contribution in [2.75, 3.05) is 0 Å². The van der Waals surface area contributed by atoms with Crippen molar-refractivity contribution in [1.82, 2.24) is 0 Å². The summed E-state index contributed by atoms with van der Waals surface area (Å²) in [6, 6.07) is 9.10. The third-order valence-electron chi connectivity index (χ3n) is 3.30. The van der Waals surface area contributed by atoms with Gasteiger partial charge in [-0.1, -0.05) is 54.6 Å². The second-order valence-corrected chi connectivity index (χ2v) is 6.01. The predicted octanol–water partition coefficient (Wildman–Crippen LogP) is 2.72. The minimum atomic E-state index is -0.955. The van der Waals surface area contributed by atoms with E-state index in [-0.39, 0.29) is 5.97 Å². The first-order valence-electron chi connectivity index (χ1n) is 6.77. The van der Waals surface area contributed by atoms with Gasteiger partial charge in [0.1, 0.15) is 11.0 Å². The van der Waals surface area contributed by atoms with Crippen LogP contribution in [-0.4, -0.2) is 17.6 Å². The van der Waals surface area contributed by atoms with Crippen LogP contribution in [-0.2, 0) is 14.9 Å². The van der Waals surface area contributed by atoms with Crippen LogP contribution in [0.25, 0.3) is 0 Å². The van der Waals surface area contributed by atoms with E-state index in [9.17, 15) is 4.79 Å². The molecule has 1 aromatic carbocycles. The predicted molar refractivity (Wildman–Crippen MR) is 80.2 cm³/mol. The summed E-state index contributed by atoms with van der Waals surface area (Å²) in [4.78, 5) is 12.8. The first-order valence-corrected chi connectivity index (χ1v) is 6.77. The van der Waals surface area contributed by atoms with E-state index >= 15 is 0 Å². The lowest BCUT2D eigenvalue weighted by Crippen LogP contribution is -2.52. The molecule has 0 saturated heterocycles. The highest BCUT2D eigenvalue weighted by molar-refractivity contribution is 5.88. The molecule has 0 aliphatic heterocycles. The van der Waals surface area contributed by atoms with Gasteiger partial charge in [-0.3, -0.25) is 4.79 Å². The van der Waals surface area contributed by atoms with Crippen LogP contribution in [0, 0.1) is 0 Å². The number of rotatable bonds is 2. The maximum atomic E-state index is 12.8. The Morgan fingerprint density at radius 3 is 2.40 bits per heavy atom. The molecule has 0 amide bonds. The number of allylic oxidation sites excluding steroid dienone is 2. The average molecular weight is 271 g/mol. The van der Waals surface area contributed by atoms with Gasteiger partial charge in [0.05, 0.1) is 0 Å². The molecule has 2 N–H and O–H groups in total. The van der Waals surface area contributed by atoms with Crippen molar-refractivity contribution in [1.29, 1.82) is 0 Å². The van der Waals surface area contributed by atoms with Crippen LogP contribution in [0.15, 0.2) is 54.6 Å². The van der Waals surface area contributed by atoms with E-state index in [1.165, 1.54) is 0 Å². The molecule has 0 saturated carbocycles. The van der Waals surface area contributed by atoms with Crippen molar-refractivity contribution in [2.45, 2.75) is 37.8 Å². The fourth-order valence-electron chi connectivity index (χ4n) is 2.34. The molecule has 2 atom stereocenters. The molecule has 0 aromatic heterocycles. The number of carbonyl (C=O) groups is 1. The number of hydrogen-bond donors (Lipinski definition) is 1. The van der Waals surface area contributed by atoms with Crippen LogP contribution in [0.3, 0.4) is 0 Å². The number of benzene rings is 1. The Morgan fingerprint density at radius 1 is 1.20 bits per heavy atom. The van der Waals surface area contributed by atoms with E-state index < -0.39 is 17.1 Å². The SMILES string of the molecule is CC(C)(C)OC(=O)C1(c2ccccc2)C=CC=CC1N. The van der Waals surface area contributed by atoms with E-state index in [4.69, 9.17) is 10.5 Å². The normalized spacial score (nSPS) is 25.5. The first-order chi connectivity index (χ1) is 9.36. The fourth-order valence-corrected chi connectivity index (χ4v) is 2.34. The topological polar surface area (TPSA) is 52.3 Å². The largest absolute Gasteiger partial charge is 0.459 e. The molecule has 0 radical (unpaired) electrons. The zero-order valence-electron chi connectivity index (χ0n) is 12.2. The number of ether oxygens (including phenoxy) is 1. The van der Waals surface area contributed by atoms with Gasteiger partial charge in [-0.2, -0.15) is 0 Å². The van der Waals surface area contributed by atoms with Gasteiger partial charge in [0, 0.05) is 6.04 Å². The number of nitrogens with two attached hydrogens (primary N) is 1. The lowest BCUT2D eigenvalue weighted by Gasteiger charge is -2.37.